The van der Waals surface area contributed by atoms with Crippen LogP contribution in [-0.4, -0.2) is 24.4 Å². The summed E-state index contributed by atoms with van der Waals surface area (Å²) >= 11 is 0. The van der Waals surface area contributed by atoms with E-state index in [4.69, 9.17) is 14.2 Å². The van der Waals surface area contributed by atoms with E-state index >= 15 is 0 Å². The molecule has 3 heteroatoms. The number of ether oxygens (including phenoxy) is 3. The zero-order chi connectivity index (χ0) is 15.5. The van der Waals surface area contributed by atoms with Crippen molar-refractivity contribution in [1.82, 2.24) is 0 Å². The van der Waals surface area contributed by atoms with Crippen LogP contribution in [0.5, 0.6) is 0 Å². The lowest BCUT2D eigenvalue weighted by molar-refractivity contribution is -0.0758. The quantitative estimate of drug-likeness (QED) is 0.604. The molecule has 0 saturated carbocycles. The first-order valence-electron chi connectivity index (χ1n) is 8.05. The first kappa shape index (κ1) is 14.6. The molecule has 4 rings (SSSR count). The van der Waals surface area contributed by atoms with Crippen molar-refractivity contribution in [2.24, 2.45) is 0 Å². The van der Waals surface area contributed by atoms with Gasteiger partial charge in [0.1, 0.15) is 24.4 Å². The van der Waals surface area contributed by atoms with E-state index in [1.54, 1.807) is 0 Å². The predicted molar refractivity (Wildman–Crippen MR) is 87.8 cm³/mol. The van der Waals surface area contributed by atoms with Crippen LogP contribution in [-0.2, 0) is 27.4 Å². The number of hydrogen-bond acceptors (Lipinski definition) is 3. The van der Waals surface area contributed by atoms with Gasteiger partial charge in [0, 0.05) is 0 Å². The van der Waals surface area contributed by atoms with Gasteiger partial charge in [-0.1, -0.05) is 72.8 Å². The summed E-state index contributed by atoms with van der Waals surface area (Å²) in [5.74, 6) is 0. The summed E-state index contributed by atoms with van der Waals surface area (Å²) in [5.41, 5.74) is 2.34. The largest absolute Gasteiger partial charge is 0.368 e. The monoisotopic (exact) mass is 308 g/mol. The molecule has 4 atom stereocenters. The molecule has 3 nitrogen and oxygen atoms in total. The van der Waals surface area contributed by atoms with Crippen molar-refractivity contribution in [2.75, 3.05) is 0 Å². The summed E-state index contributed by atoms with van der Waals surface area (Å²) in [6.45, 7) is 1.16. The van der Waals surface area contributed by atoms with Gasteiger partial charge in [-0.25, -0.2) is 0 Å². The molecule has 1 heterocycles. The van der Waals surface area contributed by atoms with E-state index in [1.165, 1.54) is 11.1 Å². The van der Waals surface area contributed by atoms with Gasteiger partial charge in [-0.05, 0) is 11.1 Å². The lowest BCUT2D eigenvalue weighted by Gasteiger charge is -2.26. The molecule has 0 N–H and O–H groups in total. The third-order valence-corrected chi connectivity index (χ3v) is 4.27. The van der Waals surface area contributed by atoms with Gasteiger partial charge in [0.2, 0.25) is 0 Å². The van der Waals surface area contributed by atoms with E-state index in [0.29, 0.717) is 13.2 Å². The fourth-order valence-electron chi connectivity index (χ4n) is 2.94. The van der Waals surface area contributed by atoms with Gasteiger partial charge in [0.05, 0.1) is 13.2 Å². The molecule has 2 aliphatic rings. The van der Waals surface area contributed by atoms with Gasteiger partial charge in [-0.3, -0.25) is 0 Å². The van der Waals surface area contributed by atoms with Gasteiger partial charge in [-0.2, -0.15) is 0 Å². The lowest BCUT2D eigenvalue weighted by Crippen LogP contribution is -2.37. The second-order valence-electron chi connectivity index (χ2n) is 5.97. The number of hydrogen-bond donors (Lipinski definition) is 0. The van der Waals surface area contributed by atoms with E-state index in [9.17, 15) is 0 Å². The van der Waals surface area contributed by atoms with E-state index in [1.807, 2.05) is 36.4 Å². The third-order valence-electron chi connectivity index (χ3n) is 4.27. The molecule has 2 aromatic rings. The molecule has 0 unspecified atom stereocenters. The molecule has 0 aromatic heterocycles. The maximum absolute atomic E-state index is 6.12. The molecule has 0 amide bonds. The van der Waals surface area contributed by atoms with Gasteiger partial charge < -0.3 is 14.2 Å². The van der Waals surface area contributed by atoms with Crippen LogP contribution in [0, 0.1) is 0 Å². The maximum atomic E-state index is 6.12. The van der Waals surface area contributed by atoms with Crippen LogP contribution < -0.4 is 0 Å². The van der Waals surface area contributed by atoms with Crippen molar-refractivity contribution in [2.45, 2.75) is 37.6 Å². The molecule has 23 heavy (non-hydrogen) atoms. The summed E-state index contributed by atoms with van der Waals surface area (Å²) in [6.07, 6.45) is 4.38. The fraction of sp³-hybridized carbons (Fsp3) is 0.300. The van der Waals surface area contributed by atoms with Crippen molar-refractivity contribution < 1.29 is 14.2 Å². The van der Waals surface area contributed by atoms with Crippen molar-refractivity contribution >= 4 is 0 Å². The lowest BCUT2D eigenvalue weighted by atomic mass is 10.0. The van der Waals surface area contributed by atoms with Crippen molar-refractivity contribution in [1.29, 1.82) is 0 Å². The van der Waals surface area contributed by atoms with Crippen LogP contribution in [0.2, 0.25) is 0 Å². The number of rotatable bonds is 6. The average Bonchev–Trinajstić information content (AvgIpc) is 3.40. The fourth-order valence-corrected chi connectivity index (χ4v) is 2.94. The topological polar surface area (TPSA) is 31.0 Å². The minimum atomic E-state index is -0.0670. The Morgan fingerprint density at radius 3 is 2.00 bits per heavy atom. The van der Waals surface area contributed by atoms with E-state index in [2.05, 4.69) is 36.4 Å². The standard InChI is InChI=1S/C20H20O3/c1-3-7-15(8-4-1)13-21-17-11-12-18-20(23-18)19(17)22-14-16-9-5-2-6-10-16/h1-12,17-20H,13-14H2/t17-,18+,19+,20+/m0/s1. The number of benzene rings is 2. The highest BCUT2D eigenvalue weighted by atomic mass is 16.6. The van der Waals surface area contributed by atoms with Crippen LogP contribution in [0.1, 0.15) is 11.1 Å². The highest BCUT2D eigenvalue weighted by molar-refractivity contribution is 5.19. The normalized spacial score (nSPS) is 28.3. The van der Waals surface area contributed by atoms with Gasteiger partial charge in [-0.15, -0.1) is 0 Å². The van der Waals surface area contributed by atoms with E-state index < -0.39 is 0 Å². The van der Waals surface area contributed by atoms with Gasteiger partial charge in [0.25, 0.3) is 0 Å². The zero-order valence-corrected chi connectivity index (χ0v) is 12.9. The van der Waals surface area contributed by atoms with Gasteiger partial charge >= 0.3 is 0 Å². The van der Waals surface area contributed by atoms with Crippen LogP contribution >= 0.6 is 0 Å². The molecule has 1 saturated heterocycles. The molecule has 0 spiro atoms. The summed E-state index contributed by atoms with van der Waals surface area (Å²) in [6, 6.07) is 20.4. The smallest absolute Gasteiger partial charge is 0.117 e. The molecular formula is C20H20O3. The van der Waals surface area contributed by atoms with Crippen molar-refractivity contribution in [3.05, 3.63) is 83.9 Å². The SMILES string of the molecule is C1=C[C@H]2O[C@H]2[C@H](OCc2ccccc2)[C@H]1OCc1ccccc1. The maximum Gasteiger partial charge on any atom is 0.117 e. The van der Waals surface area contributed by atoms with Crippen molar-refractivity contribution in [3.8, 4) is 0 Å². The summed E-state index contributed by atoms with van der Waals surface area (Å²) in [7, 11) is 0. The minimum Gasteiger partial charge on any atom is -0.368 e. The Morgan fingerprint density at radius 1 is 0.739 bits per heavy atom. The van der Waals surface area contributed by atoms with Gasteiger partial charge in [0.15, 0.2) is 0 Å². The highest BCUT2D eigenvalue weighted by Gasteiger charge is 2.50. The molecule has 2 aromatic carbocycles. The molecule has 0 bridgehead atoms. The molecular weight excluding hydrogens is 288 g/mol. The third kappa shape index (κ3) is 3.53. The Labute approximate surface area is 136 Å². The Bertz CT molecular complexity index is 653. The Balaban J connectivity index is 1.38. The van der Waals surface area contributed by atoms with Crippen LogP contribution in [0.15, 0.2) is 72.8 Å². The average molecular weight is 308 g/mol. The van der Waals surface area contributed by atoms with E-state index in [-0.39, 0.29) is 24.4 Å². The van der Waals surface area contributed by atoms with Crippen LogP contribution in [0.4, 0.5) is 0 Å². The van der Waals surface area contributed by atoms with E-state index in [0.717, 1.165) is 0 Å². The Morgan fingerprint density at radius 2 is 1.35 bits per heavy atom. The molecule has 0 radical (unpaired) electrons. The van der Waals surface area contributed by atoms with Crippen LogP contribution in [0.3, 0.4) is 0 Å². The summed E-state index contributed by atoms with van der Waals surface area (Å²) in [4.78, 5) is 0. The highest BCUT2D eigenvalue weighted by Crippen LogP contribution is 2.36. The summed E-state index contributed by atoms with van der Waals surface area (Å²) < 4.78 is 17.9. The first-order valence-corrected chi connectivity index (χ1v) is 8.05. The van der Waals surface area contributed by atoms with Crippen LogP contribution in [0.25, 0.3) is 0 Å². The molecule has 118 valence electrons. The number of epoxide rings is 1. The molecule has 1 aliphatic heterocycles. The van der Waals surface area contributed by atoms with Crippen molar-refractivity contribution in [3.63, 3.8) is 0 Å². The number of fused-ring (bicyclic) bond motifs is 1. The second-order valence-corrected chi connectivity index (χ2v) is 5.97. The summed E-state index contributed by atoms with van der Waals surface area (Å²) in [5, 5.41) is 0. The molecule has 1 aliphatic carbocycles. The Hall–Kier alpha value is -1.94. The predicted octanol–water partition coefficient (Wildman–Crippen LogP) is 3.49. The first-order chi connectivity index (χ1) is 11.4. The second kappa shape index (κ2) is 6.67. The Kier molecular flexibility index (Phi) is 4.24. The molecule has 1 fully saturated rings. The zero-order valence-electron chi connectivity index (χ0n) is 12.9. The minimum absolute atomic E-state index is 0.0473.